The minimum absolute atomic E-state index is 0.130. The molecule has 0 radical (unpaired) electrons. The Morgan fingerprint density at radius 1 is 1.21 bits per heavy atom. The van der Waals surface area contributed by atoms with E-state index in [1.165, 1.54) is 11.8 Å². The van der Waals surface area contributed by atoms with E-state index in [2.05, 4.69) is 31.4 Å². The Bertz CT molecular complexity index is 964. The summed E-state index contributed by atoms with van der Waals surface area (Å²) in [4.78, 5) is 12.1. The van der Waals surface area contributed by atoms with Gasteiger partial charge in [0.05, 0.1) is 12.9 Å². The van der Waals surface area contributed by atoms with E-state index in [0.29, 0.717) is 22.6 Å². The Balaban J connectivity index is 1.47. The molecule has 3 rings (SSSR count). The van der Waals surface area contributed by atoms with Crippen LogP contribution >= 0.6 is 27.7 Å². The number of nitrogens with zero attached hydrogens (tertiary/aromatic N) is 2. The summed E-state index contributed by atoms with van der Waals surface area (Å²) in [5.41, 5.74) is 1.78. The molecule has 1 aromatic heterocycles. The van der Waals surface area contributed by atoms with E-state index in [-0.39, 0.29) is 18.3 Å². The molecule has 0 saturated heterocycles. The summed E-state index contributed by atoms with van der Waals surface area (Å²) in [6, 6.07) is 12.9. The van der Waals surface area contributed by atoms with Crippen molar-refractivity contribution in [1.82, 2.24) is 10.2 Å². The fourth-order valence-corrected chi connectivity index (χ4v) is 3.06. The highest BCUT2D eigenvalue weighted by Gasteiger charge is 2.11. The van der Waals surface area contributed by atoms with Crippen LogP contribution < -0.4 is 14.8 Å². The lowest BCUT2D eigenvalue weighted by Crippen LogP contribution is -2.14. The van der Waals surface area contributed by atoms with Gasteiger partial charge in [-0.2, -0.15) is 0 Å². The Labute approximate surface area is 175 Å². The number of halogens is 1. The number of aromatic nitrogens is 2. The molecule has 0 saturated carbocycles. The summed E-state index contributed by atoms with van der Waals surface area (Å²) >= 11 is 4.60. The van der Waals surface area contributed by atoms with Crippen molar-refractivity contribution in [3.63, 3.8) is 0 Å². The van der Waals surface area contributed by atoms with Crippen LogP contribution in [0.15, 0.2) is 56.6 Å². The fraction of sp³-hybridized carbons (Fsp3) is 0.211. The van der Waals surface area contributed by atoms with Gasteiger partial charge < -0.3 is 19.2 Å². The molecule has 146 valence electrons. The molecule has 0 fully saturated rings. The highest BCUT2D eigenvalue weighted by atomic mass is 79.9. The minimum Gasteiger partial charge on any atom is -0.497 e. The average molecular weight is 464 g/mol. The number of hydrogen-bond donors (Lipinski definition) is 1. The highest BCUT2D eigenvalue weighted by molar-refractivity contribution is 9.10. The van der Waals surface area contributed by atoms with Crippen LogP contribution in [0.2, 0.25) is 0 Å². The summed E-state index contributed by atoms with van der Waals surface area (Å²) in [5, 5.41) is 11.0. The number of rotatable bonds is 8. The lowest BCUT2D eigenvalue weighted by molar-refractivity contribution is -0.113. The van der Waals surface area contributed by atoms with Gasteiger partial charge in [-0.05, 0) is 42.8 Å². The van der Waals surface area contributed by atoms with Crippen molar-refractivity contribution < 1.29 is 18.7 Å². The van der Waals surface area contributed by atoms with Crippen LogP contribution in [0.25, 0.3) is 0 Å². The maximum Gasteiger partial charge on any atom is 0.277 e. The first-order chi connectivity index (χ1) is 13.5. The van der Waals surface area contributed by atoms with Crippen molar-refractivity contribution in [3.8, 4) is 11.5 Å². The Morgan fingerprint density at radius 3 is 2.82 bits per heavy atom. The third-order valence-electron chi connectivity index (χ3n) is 3.62. The molecule has 1 N–H and O–H groups in total. The second-order valence-corrected chi connectivity index (χ2v) is 7.51. The number of nitrogens with one attached hydrogen (secondary N) is 1. The normalized spacial score (nSPS) is 10.5. The predicted octanol–water partition coefficient (Wildman–Crippen LogP) is 4.46. The Kier molecular flexibility index (Phi) is 6.94. The molecule has 2 aromatic carbocycles. The summed E-state index contributed by atoms with van der Waals surface area (Å²) in [6.45, 7) is 2.09. The largest absolute Gasteiger partial charge is 0.497 e. The Hall–Kier alpha value is -2.52. The topological polar surface area (TPSA) is 86.5 Å². The molecule has 1 heterocycles. The van der Waals surface area contributed by atoms with Crippen molar-refractivity contribution in [2.45, 2.75) is 18.8 Å². The second kappa shape index (κ2) is 9.61. The van der Waals surface area contributed by atoms with Gasteiger partial charge in [0.1, 0.15) is 11.5 Å². The lowest BCUT2D eigenvalue weighted by atomic mass is 10.2. The van der Waals surface area contributed by atoms with Crippen LogP contribution in [0.3, 0.4) is 0 Å². The van der Waals surface area contributed by atoms with Crippen molar-refractivity contribution in [2.75, 3.05) is 18.2 Å². The number of aryl methyl sites for hydroxylation is 1. The van der Waals surface area contributed by atoms with Gasteiger partial charge in [-0.25, -0.2) is 0 Å². The molecule has 0 aliphatic rings. The number of carbonyl (C=O) groups excluding carboxylic acids is 1. The van der Waals surface area contributed by atoms with Gasteiger partial charge in [0.15, 0.2) is 6.61 Å². The molecule has 9 heteroatoms. The third-order valence-corrected chi connectivity index (χ3v) is 5.33. The first kappa shape index (κ1) is 20.2. The molecule has 0 aliphatic heterocycles. The molecule has 1 amide bonds. The lowest BCUT2D eigenvalue weighted by Gasteiger charge is -2.06. The van der Waals surface area contributed by atoms with E-state index >= 15 is 0 Å². The van der Waals surface area contributed by atoms with E-state index in [9.17, 15) is 4.79 Å². The van der Waals surface area contributed by atoms with E-state index in [1.54, 1.807) is 13.2 Å². The third kappa shape index (κ3) is 5.74. The quantitative estimate of drug-likeness (QED) is 0.493. The summed E-state index contributed by atoms with van der Waals surface area (Å²) < 4.78 is 17.2. The zero-order chi connectivity index (χ0) is 19.9. The van der Waals surface area contributed by atoms with Crippen LogP contribution in [0.5, 0.6) is 11.5 Å². The van der Waals surface area contributed by atoms with Crippen LogP contribution in [-0.4, -0.2) is 29.0 Å². The highest BCUT2D eigenvalue weighted by Crippen LogP contribution is 2.22. The van der Waals surface area contributed by atoms with Gasteiger partial charge in [0, 0.05) is 16.2 Å². The first-order valence-corrected chi connectivity index (χ1v) is 10.1. The van der Waals surface area contributed by atoms with Crippen LogP contribution in [0.4, 0.5) is 5.69 Å². The first-order valence-electron chi connectivity index (χ1n) is 8.31. The number of thioether (sulfide) groups is 1. The van der Waals surface area contributed by atoms with Crippen molar-refractivity contribution in [3.05, 3.63) is 58.4 Å². The van der Waals surface area contributed by atoms with Gasteiger partial charge in [-0.1, -0.05) is 33.8 Å². The minimum atomic E-state index is -0.154. The monoisotopic (exact) mass is 463 g/mol. The molecular formula is C19H18BrN3O4S. The standard InChI is InChI=1S/C19H18BrN3O4S/c1-12-8-13(6-7-16(12)20)21-17(24)11-28-19-23-22-18(27-19)10-26-15-5-3-4-14(9-15)25-2/h3-9H,10-11H2,1-2H3,(H,21,24). The molecule has 0 spiro atoms. The fourth-order valence-electron chi connectivity index (χ4n) is 2.24. The molecule has 0 atom stereocenters. The molecule has 0 aliphatic carbocycles. The van der Waals surface area contributed by atoms with Gasteiger partial charge in [-0.3, -0.25) is 4.79 Å². The number of methoxy groups -OCH3 is 1. The zero-order valence-corrected chi connectivity index (χ0v) is 17.7. The molecule has 0 bridgehead atoms. The van der Waals surface area contributed by atoms with Gasteiger partial charge in [-0.15, -0.1) is 10.2 Å². The number of anilines is 1. The molecule has 3 aromatic rings. The maximum atomic E-state index is 12.1. The predicted molar refractivity (Wildman–Crippen MR) is 110 cm³/mol. The van der Waals surface area contributed by atoms with Crippen molar-refractivity contribution >= 4 is 39.3 Å². The number of amides is 1. The average Bonchev–Trinajstić information content (AvgIpc) is 3.16. The number of ether oxygens (including phenoxy) is 2. The molecule has 0 unspecified atom stereocenters. The molecular weight excluding hydrogens is 446 g/mol. The van der Waals surface area contributed by atoms with Crippen LogP contribution in [0.1, 0.15) is 11.5 Å². The number of benzene rings is 2. The van der Waals surface area contributed by atoms with E-state index in [0.717, 1.165) is 15.7 Å². The smallest absolute Gasteiger partial charge is 0.277 e. The van der Waals surface area contributed by atoms with E-state index in [1.807, 2.05) is 43.3 Å². The summed E-state index contributed by atoms with van der Waals surface area (Å²) in [7, 11) is 1.59. The summed E-state index contributed by atoms with van der Waals surface area (Å²) in [6.07, 6.45) is 0. The van der Waals surface area contributed by atoms with Crippen molar-refractivity contribution in [2.24, 2.45) is 0 Å². The van der Waals surface area contributed by atoms with Gasteiger partial charge in [0.2, 0.25) is 5.91 Å². The van der Waals surface area contributed by atoms with Crippen LogP contribution in [-0.2, 0) is 11.4 Å². The molecule has 7 nitrogen and oxygen atoms in total. The molecule has 28 heavy (non-hydrogen) atoms. The van der Waals surface area contributed by atoms with E-state index in [4.69, 9.17) is 13.9 Å². The maximum absolute atomic E-state index is 12.1. The van der Waals surface area contributed by atoms with Crippen LogP contribution in [0, 0.1) is 6.92 Å². The van der Waals surface area contributed by atoms with Crippen molar-refractivity contribution in [1.29, 1.82) is 0 Å². The Morgan fingerprint density at radius 2 is 2.04 bits per heavy atom. The second-order valence-electron chi connectivity index (χ2n) is 5.73. The number of hydrogen-bond acceptors (Lipinski definition) is 7. The number of carbonyl (C=O) groups is 1. The summed E-state index contributed by atoms with van der Waals surface area (Å²) in [5.74, 6) is 1.67. The zero-order valence-electron chi connectivity index (χ0n) is 15.3. The van der Waals surface area contributed by atoms with Gasteiger partial charge in [0.25, 0.3) is 11.1 Å². The van der Waals surface area contributed by atoms with Gasteiger partial charge >= 0.3 is 0 Å². The van der Waals surface area contributed by atoms with E-state index < -0.39 is 0 Å². The SMILES string of the molecule is COc1cccc(OCc2nnc(SCC(=O)Nc3ccc(Br)c(C)c3)o2)c1.